The number of hydrogen-bond donors (Lipinski definition) is 2. The molecule has 1 aromatic heterocycles. The van der Waals surface area contributed by atoms with Crippen LogP contribution in [0.25, 0.3) is 0 Å². The third-order valence-corrected chi connectivity index (χ3v) is 3.58. The SMILES string of the molecule is Cn1c(C(=O)N[C@H](C(=O)O)C(C)(C)C)cc(Cl)c1Cl. The number of carboxylic acids is 1. The summed E-state index contributed by atoms with van der Waals surface area (Å²) in [4.78, 5) is 23.3. The highest BCUT2D eigenvalue weighted by molar-refractivity contribution is 6.41. The molecule has 0 fully saturated rings. The summed E-state index contributed by atoms with van der Waals surface area (Å²) in [7, 11) is 1.58. The van der Waals surface area contributed by atoms with Crippen LogP contribution in [0.2, 0.25) is 10.2 Å². The molecule has 1 heterocycles. The molecule has 1 aromatic rings. The highest BCUT2D eigenvalue weighted by atomic mass is 35.5. The van der Waals surface area contributed by atoms with Gasteiger partial charge in [-0.1, -0.05) is 44.0 Å². The number of carboxylic acid groups (broad SMARTS) is 1. The minimum atomic E-state index is -1.09. The van der Waals surface area contributed by atoms with Crippen LogP contribution in [0.1, 0.15) is 31.3 Å². The molecule has 0 unspecified atom stereocenters. The molecule has 0 aliphatic rings. The summed E-state index contributed by atoms with van der Waals surface area (Å²) >= 11 is 11.7. The quantitative estimate of drug-likeness (QED) is 0.901. The van der Waals surface area contributed by atoms with Crippen molar-refractivity contribution in [3.05, 3.63) is 21.9 Å². The fraction of sp³-hybridized carbons (Fsp3) is 0.500. The van der Waals surface area contributed by atoms with Crippen LogP contribution in [0.5, 0.6) is 0 Å². The number of rotatable bonds is 3. The predicted molar refractivity (Wildman–Crippen MR) is 73.8 cm³/mol. The molecule has 5 nitrogen and oxygen atoms in total. The zero-order valence-corrected chi connectivity index (χ0v) is 12.6. The third-order valence-electron chi connectivity index (χ3n) is 2.74. The van der Waals surface area contributed by atoms with Crippen LogP contribution in [0, 0.1) is 5.41 Å². The fourth-order valence-corrected chi connectivity index (χ4v) is 1.99. The minimum absolute atomic E-state index is 0.213. The summed E-state index contributed by atoms with van der Waals surface area (Å²) in [5.74, 6) is -1.62. The van der Waals surface area contributed by atoms with Crippen LogP contribution in [-0.2, 0) is 11.8 Å². The summed E-state index contributed by atoms with van der Waals surface area (Å²) in [6, 6.07) is 0.397. The second-order valence-corrected chi connectivity index (χ2v) is 6.10. The van der Waals surface area contributed by atoms with Gasteiger partial charge in [0.05, 0.1) is 5.02 Å². The van der Waals surface area contributed by atoms with Crippen molar-refractivity contribution in [2.24, 2.45) is 12.5 Å². The van der Waals surface area contributed by atoms with E-state index in [4.69, 9.17) is 28.3 Å². The predicted octanol–water partition coefficient (Wildman–Crippen LogP) is 2.56. The molecular weight excluding hydrogens is 291 g/mol. The number of aromatic nitrogens is 1. The van der Waals surface area contributed by atoms with Crippen molar-refractivity contribution in [3.8, 4) is 0 Å². The number of carbonyl (C=O) groups is 2. The first-order valence-corrected chi connectivity index (χ1v) is 6.35. The first-order valence-electron chi connectivity index (χ1n) is 5.60. The van der Waals surface area contributed by atoms with Gasteiger partial charge in [-0.3, -0.25) is 4.79 Å². The molecular formula is C12H16Cl2N2O3. The molecule has 0 bridgehead atoms. The highest BCUT2D eigenvalue weighted by Gasteiger charge is 2.33. The zero-order valence-electron chi connectivity index (χ0n) is 11.1. The summed E-state index contributed by atoms with van der Waals surface area (Å²) in [6.45, 7) is 5.20. The van der Waals surface area contributed by atoms with Gasteiger partial charge >= 0.3 is 5.97 Å². The van der Waals surface area contributed by atoms with E-state index in [9.17, 15) is 9.59 Å². The molecule has 1 rings (SSSR count). The highest BCUT2D eigenvalue weighted by Crippen LogP contribution is 2.26. The Labute approximate surface area is 121 Å². The lowest BCUT2D eigenvalue weighted by Crippen LogP contribution is -2.49. The number of amides is 1. The van der Waals surface area contributed by atoms with Gasteiger partial charge in [0.15, 0.2) is 0 Å². The maximum atomic E-state index is 12.1. The van der Waals surface area contributed by atoms with E-state index in [-0.39, 0.29) is 15.9 Å². The van der Waals surface area contributed by atoms with Crippen molar-refractivity contribution < 1.29 is 14.7 Å². The van der Waals surface area contributed by atoms with E-state index in [1.165, 1.54) is 10.6 Å². The minimum Gasteiger partial charge on any atom is -0.480 e. The van der Waals surface area contributed by atoms with Crippen LogP contribution in [0.4, 0.5) is 0 Å². The number of nitrogens with zero attached hydrogens (tertiary/aromatic N) is 1. The van der Waals surface area contributed by atoms with E-state index in [2.05, 4.69) is 5.32 Å². The standard InChI is InChI=1S/C12H16Cl2N2O3/c1-12(2,3)8(11(18)19)15-10(17)7-5-6(13)9(14)16(7)4/h5,8H,1-4H3,(H,15,17)(H,18,19)/t8-/m1/s1. The topological polar surface area (TPSA) is 71.3 Å². The smallest absolute Gasteiger partial charge is 0.326 e. The third kappa shape index (κ3) is 3.42. The Kier molecular flexibility index (Phi) is 4.53. The summed E-state index contributed by atoms with van der Waals surface area (Å²) in [5, 5.41) is 12.1. The van der Waals surface area contributed by atoms with Crippen LogP contribution in [-0.4, -0.2) is 27.6 Å². The average Bonchev–Trinajstić information content (AvgIpc) is 2.51. The van der Waals surface area contributed by atoms with Crippen molar-refractivity contribution in [1.82, 2.24) is 9.88 Å². The van der Waals surface area contributed by atoms with Crippen molar-refractivity contribution in [2.75, 3.05) is 0 Å². The van der Waals surface area contributed by atoms with Crippen molar-refractivity contribution >= 4 is 35.1 Å². The Morgan fingerprint density at radius 3 is 2.21 bits per heavy atom. The number of halogens is 2. The Bertz CT molecular complexity index is 518. The van der Waals surface area contributed by atoms with E-state index in [1.807, 2.05) is 0 Å². The fourth-order valence-electron chi connectivity index (χ4n) is 1.61. The molecule has 0 aromatic carbocycles. The molecule has 7 heteroatoms. The summed E-state index contributed by atoms with van der Waals surface area (Å²) in [6.07, 6.45) is 0. The van der Waals surface area contributed by atoms with E-state index in [0.717, 1.165) is 0 Å². The number of hydrogen-bond acceptors (Lipinski definition) is 2. The second-order valence-electron chi connectivity index (χ2n) is 5.34. The van der Waals surface area contributed by atoms with E-state index in [1.54, 1.807) is 27.8 Å². The molecule has 0 aliphatic carbocycles. The normalized spacial score (nSPS) is 13.2. The van der Waals surface area contributed by atoms with Gasteiger partial charge in [-0.25, -0.2) is 4.79 Å². The molecule has 0 spiro atoms. The molecule has 0 aliphatic heterocycles. The Hall–Kier alpha value is -1.20. The largest absolute Gasteiger partial charge is 0.480 e. The lowest BCUT2D eigenvalue weighted by molar-refractivity contribution is -0.142. The van der Waals surface area contributed by atoms with Gasteiger partial charge in [0.25, 0.3) is 5.91 Å². The first kappa shape index (κ1) is 15.9. The lowest BCUT2D eigenvalue weighted by atomic mass is 9.86. The van der Waals surface area contributed by atoms with Gasteiger partial charge in [-0.15, -0.1) is 0 Å². The zero-order chi connectivity index (χ0) is 15.0. The van der Waals surface area contributed by atoms with Crippen molar-refractivity contribution in [1.29, 1.82) is 0 Å². The number of aliphatic carboxylic acids is 1. The van der Waals surface area contributed by atoms with Gasteiger partial charge in [0, 0.05) is 7.05 Å². The molecule has 0 radical (unpaired) electrons. The van der Waals surface area contributed by atoms with Gasteiger partial charge in [0.1, 0.15) is 16.9 Å². The summed E-state index contributed by atoms with van der Waals surface area (Å²) < 4.78 is 1.40. The van der Waals surface area contributed by atoms with Crippen LogP contribution < -0.4 is 5.32 Å². The van der Waals surface area contributed by atoms with Crippen LogP contribution >= 0.6 is 23.2 Å². The summed E-state index contributed by atoms with van der Waals surface area (Å²) in [5.41, 5.74) is -0.397. The number of nitrogens with one attached hydrogen (secondary N) is 1. The van der Waals surface area contributed by atoms with Gasteiger partial charge in [-0.2, -0.15) is 0 Å². The molecule has 19 heavy (non-hydrogen) atoms. The molecule has 2 N–H and O–H groups in total. The molecule has 0 saturated carbocycles. The Morgan fingerprint density at radius 2 is 1.89 bits per heavy atom. The molecule has 1 amide bonds. The maximum Gasteiger partial charge on any atom is 0.326 e. The number of carbonyl (C=O) groups excluding carboxylic acids is 1. The van der Waals surface area contributed by atoms with Gasteiger partial charge in [0.2, 0.25) is 0 Å². The maximum absolute atomic E-state index is 12.1. The van der Waals surface area contributed by atoms with Crippen LogP contribution in [0.3, 0.4) is 0 Å². The molecule has 106 valence electrons. The van der Waals surface area contributed by atoms with Crippen LogP contribution in [0.15, 0.2) is 6.07 Å². The van der Waals surface area contributed by atoms with Crippen molar-refractivity contribution in [3.63, 3.8) is 0 Å². The second kappa shape index (κ2) is 5.43. The molecule has 1 atom stereocenters. The van der Waals surface area contributed by atoms with E-state index < -0.39 is 23.3 Å². The van der Waals surface area contributed by atoms with E-state index >= 15 is 0 Å². The Balaban J connectivity index is 3.01. The Morgan fingerprint density at radius 1 is 1.37 bits per heavy atom. The monoisotopic (exact) mass is 306 g/mol. The van der Waals surface area contributed by atoms with E-state index in [0.29, 0.717) is 0 Å². The first-order chi connectivity index (χ1) is 8.55. The lowest BCUT2D eigenvalue weighted by Gasteiger charge is -2.27. The van der Waals surface area contributed by atoms with Gasteiger partial charge < -0.3 is 15.0 Å². The molecule has 0 saturated heterocycles. The van der Waals surface area contributed by atoms with Crippen molar-refractivity contribution in [2.45, 2.75) is 26.8 Å². The average molecular weight is 307 g/mol. The van der Waals surface area contributed by atoms with Gasteiger partial charge in [-0.05, 0) is 11.5 Å².